The normalized spacial score (nSPS) is 10.1. The maximum absolute atomic E-state index is 11.0. The van der Waals surface area contributed by atoms with E-state index in [-0.39, 0.29) is 0 Å². The number of hydrogen-bond donors (Lipinski definition) is 3. The van der Waals surface area contributed by atoms with E-state index in [2.05, 4.69) is 10.3 Å². The molecule has 0 radical (unpaired) electrons. The van der Waals surface area contributed by atoms with E-state index < -0.39 is 5.91 Å². The topological polar surface area (TPSA) is 94.0 Å². The molecule has 102 valence electrons. The number of nitrogens with zero attached hydrogens (tertiary/aromatic N) is 1. The molecule has 0 bridgehead atoms. The first-order chi connectivity index (χ1) is 9.45. The van der Waals surface area contributed by atoms with Crippen LogP contribution in [0.4, 0.5) is 11.5 Å². The number of amides is 1. The highest BCUT2D eigenvalue weighted by Gasteiger charge is 2.04. The average molecular weight is 286 g/mol. The summed E-state index contributed by atoms with van der Waals surface area (Å²) >= 11 is 4.96. The zero-order valence-corrected chi connectivity index (χ0v) is 11.7. The number of pyridine rings is 1. The minimum atomic E-state index is -0.457. The molecule has 0 spiro atoms. The van der Waals surface area contributed by atoms with Crippen LogP contribution in [0.5, 0.6) is 0 Å². The summed E-state index contributed by atoms with van der Waals surface area (Å²) in [5.74, 6) is 0.181. The number of nitrogens with two attached hydrogens (primary N) is 2. The Labute approximate surface area is 122 Å². The van der Waals surface area contributed by atoms with Gasteiger partial charge in [0.15, 0.2) is 0 Å². The van der Waals surface area contributed by atoms with Gasteiger partial charge in [-0.2, -0.15) is 0 Å². The molecule has 2 rings (SSSR count). The van der Waals surface area contributed by atoms with Gasteiger partial charge in [-0.05, 0) is 43.3 Å². The van der Waals surface area contributed by atoms with Crippen LogP contribution in [-0.4, -0.2) is 15.9 Å². The van der Waals surface area contributed by atoms with Crippen molar-refractivity contribution in [1.82, 2.24) is 4.98 Å². The number of thiocarbonyl (C=S) groups is 1. The van der Waals surface area contributed by atoms with Gasteiger partial charge < -0.3 is 16.8 Å². The van der Waals surface area contributed by atoms with Crippen LogP contribution < -0.4 is 16.8 Å². The molecule has 5 N–H and O–H groups in total. The fourth-order valence-electron chi connectivity index (χ4n) is 1.74. The molecule has 1 aromatic heterocycles. The molecule has 2 aromatic rings. The lowest BCUT2D eigenvalue weighted by Gasteiger charge is -2.09. The number of aromatic nitrogens is 1. The van der Waals surface area contributed by atoms with Crippen molar-refractivity contribution < 1.29 is 4.79 Å². The molecule has 0 unspecified atom stereocenters. The van der Waals surface area contributed by atoms with Crippen LogP contribution in [0.25, 0.3) is 0 Å². The number of hydrogen-bond acceptors (Lipinski definition) is 4. The standard InChI is InChI=1S/C14H14N4OS/c1-8-6-10(14(16)20)7-12(17-8)18-11-4-2-9(3-5-11)13(15)19/h2-7H,1H3,(H2,15,19)(H2,16,20)(H,17,18). The van der Waals surface area contributed by atoms with E-state index in [1.807, 2.05) is 13.0 Å². The molecular formula is C14H14N4OS. The second-order valence-corrected chi connectivity index (χ2v) is 4.75. The average Bonchev–Trinajstić information content (AvgIpc) is 2.38. The predicted octanol–water partition coefficient (Wildman–Crippen LogP) is 1.87. The number of benzene rings is 1. The van der Waals surface area contributed by atoms with E-state index in [1.165, 1.54) is 0 Å². The fraction of sp³-hybridized carbons (Fsp3) is 0.0714. The summed E-state index contributed by atoms with van der Waals surface area (Å²) in [7, 11) is 0. The maximum Gasteiger partial charge on any atom is 0.248 e. The van der Waals surface area contributed by atoms with Gasteiger partial charge in [-0.3, -0.25) is 4.79 Å². The molecule has 1 amide bonds. The summed E-state index contributed by atoms with van der Waals surface area (Å²) in [6.07, 6.45) is 0. The van der Waals surface area contributed by atoms with E-state index in [0.29, 0.717) is 16.4 Å². The number of carbonyl (C=O) groups is 1. The quantitative estimate of drug-likeness (QED) is 0.746. The van der Waals surface area contributed by atoms with Crippen LogP contribution in [0.3, 0.4) is 0 Å². The molecule has 0 aliphatic heterocycles. The molecular weight excluding hydrogens is 272 g/mol. The SMILES string of the molecule is Cc1cc(C(N)=S)cc(Nc2ccc(C(N)=O)cc2)n1. The third kappa shape index (κ3) is 3.30. The molecule has 20 heavy (non-hydrogen) atoms. The molecule has 1 aromatic carbocycles. The molecule has 0 atom stereocenters. The molecule has 0 aliphatic carbocycles. The summed E-state index contributed by atoms with van der Waals surface area (Å²) in [5.41, 5.74) is 13.6. The number of nitrogens with one attached hydrogen (secondary N) is 1. The molecule has 0 saturated heterocycles. The Hall–Kier alpha value is -2.47. The Morgan fingerprint density at radius 3 is 2.35 bits per heavy atom. The number of carbonyl (C=O) groups excluding carboxylic acids is 1. The van der Waals surface area contributed by atoms with Crippen LogP contribution in [0.1, 0.15) is 21.6 Å². The highest BCUT2D eigenvalue weighted by Crippen LogP contribution is 2.17. The summed E-state index contributed by atoms with van der Waals surface area (Å²) in [6.45, 7) is 1.86. The van der Waals surface area contributed by atoms with Crippen molar-refractivity contribution in [3.05, 3.63) is 53.2 Å². The van der Waals surface area contributed by atoms with Gasteiger partial charge in [-0.15, -0.1) is 0 Å². The second-order valence-electron chi connectivity index (χ2n) is 4.31. The van der Waals surface area contributed by atoms with E-state index in [4.69, 9.17) is 23.7 Å². The highest BCUT2D eigenvalue weighted by atomic mass is 32.1. The lowest BCUT2D eigenvalue weighted by atomic mass is 10.2. The number of anilines is 2. The third-order valence-electron chi connectivity index (χ3n) is 2.68. The molecule has 6 heteroatoms. The number of primary amides is 1. The summed E-state index contributed by atoms with van der Waals surface area (Å²) in [5, 5.41) is 3.13. The van der Waals surface area contributed by atoms with Gasteiger partial charge in [0, 0.05) is 22.5 Å². The number of rotatable bonds is 4. The van der Waals surface area contributed by atoms with E-state index in [0.717, 1.165) is 16.9 Å². The predicted molar refractivity (Wildman–Crippen MR) is 83.1 cm³/mol. The Balaban J connectivity index is 2.25. The van der Waals surface area contributed by atoms with E-state index in [9.17, 15) is 4.79 Å². The van der Waals surface area contributed by atoms with Crippen LogP contribution in [0.2, 0.25) is 0 Å². The molecule has 1 heterocycles. The molecule has 0 aliphatic rings. The van der Waals surface area contributed by atoms with Gasteiger partial charge in [0.25, 0.3) is 0 Å². The summed E-state index contributed by atoms with van der Waals surface area (Å²) < 4.78 is 0. The Kier molecular flexibility index (Phi) is 3.95. The van der Waals surface area contributed by atoms with Gasteiger partial charge in [-0.1, -0.05) is 12.2 Å². The fourth-order valence-corrected chi connectivity index (χ4v) is 1.86. The second kappa shape index (κ2) is 5.66. The number of aryl methyl sites for hydroxylation is 1. The largest absolute Gasteiger partial charge is 0.389 e. The van der Waals surface area contributed by atoms with Crippen LogP contribution in [0.15, 0.2) is 36.4 Å². The molecule has 5 nitrogen and oxygen atoms in total. The third-order valence-corrected chi connectivity index (χ3v) is 2.92. The summed E-state index contributed by atoms with van der Waals surface area (Å²) in [4.78, 5) is 15.7. The van der Waals surface area contributed by atoms with E-state index >= 15 is 0 Å². The van der Waals surface area contributed by atoms with Crippen LogP contribution in [-0.2, 0) is 0 Å². The first kappa shape index (κ1) is 14.0. The monoisotopic (exact) mass is 286 g/mol. The van der Waals surface area contributed by atoms with Gasteiger partial charge in [0.1, 0.15) is 10.8 Å². The van der Waals surface area contributed by atoms with Crippen molar-refractivity contribution in [3.63, 3.8) is 0 Å². The smallest absolute Gasteiger partial charge is 0.248 e. The van der Waals surface area contributed by atoms with Gasteiger partial charge in [0.2, 0.25) is 5.91 Å². The van der Waals surface area contributed by atoms with Gasteiger partial charge >= 0.3 is 0 Å². The van der Waals surface area contributed by atoms with Crippen molar-refractivity contribution in [1.29, 1.82) is 0 Å². The Bertz CT molecular complexity index is 667. The summed E-state index contributed by atoms with van der Waals surface area (Å²) in [6, 6.07) is 10.4. The van der Waals surface area contributed by atoms with E-state index in [1.54, 1.807) is 30.3 Å². The van der Waals surface area contributed by atoms with Crippen LogP contribution >= 0.6 is 12.2 Å². The first-order valence-electron chi connectivity index (χ1n) is 5.91. The van der Waals surface area contributed by atoms with Crippen molar-refractivity contribution in [2.45, 2.75) is 6.92 Å². The van der Waals surface area contributed by atoms with Crippen molar-refractivity contribution in [2.75, 3.05) is 5.32 Å². The van der Waals surface area contributed by atoms with Gasteiger partial charge in [-0.25, -0.2) is 4.98 Å². The minimum absolute atomic E-state index is 0.322. The highest BCUT2D eigenvalue weighted by molar-refractivity contribution is 7.80. The zero-order valence-electron chi connectivity index (χ0n) is 10.9. The lowest BCUT2D eigenvalue weighted by molar-refractivity contribution is 0.100. The maximum atomic E-state index is 11.0. The van der Waals surface area contributed by atoms with Crippen molar-refractivity contribution in [3.8, 4) is 0 Å². The first-order valence-corrected chi connectivity index (χ1v) is 6.32. The van der Waals surface area contributed by atoms with Crippen molar-refractivity contribution in [2.24, 2.45) is 11.5 Å². The van der Waals surface area contributed by atoms with Crippen molar-refractivity contribution >= 4 is 34.6 Å². The molecule has 0 saturated carbocycles. The molecule has 0 fully saturated rings. The Morgan fingerprint density at radius 2 is 1.80 bits per heavy atom. The minimum Gasteiger partial charge on any atom is -0.389 e. The van der Waals surface area contributed by atoms with Crippen LogP contribution in [0, 0.1) is 6.92 Å². The Morgan fingerprint density at radius 1 is 1.15 bits per heavy atom. The lowest BCUT2D eigenvalue weighted by Crippen LogP contribution is -2.11. The zero-order chi connectivity index (χ0) is 14.7. The van der Waals surface area contributed by atoms with Gasteiger partial charge in [0.05, 0.1) is 0 Å².